The van der Waals surface area contributed by atoms with Crippen LogP contribution in [0.4, 0.5) is 5.69 Å². The van der Waals surface area contributed by atoms with Crippen molar-refractivity contribution in [2.24, 2.45) is 0 Å². The number of aryl methyl sites for hydroxylation is 1. The molecule has 0 aliphatic rings. The number of nitrogen functional groups attached to an aromatic ring is 1. The highest BCUT2D eigenvalue weighted by Gasteiger charge is 2.17. The Labute approximate surface area is 168 Å². The van der Waals surface area contributed by atoms with Crippen molar-refractivity contribution in [1.82, 2.24) is 15.3 Å². The standard InChI is InChI=1S/C22H24N4OS/c1-2-3-6-15-9-10-17-19(23)20(28-22(17)26-15)21(27)24-12-11-14-13-25-18-8-5-4-7-16(14)18/h4-5,7-10,13,25H,2-3,6,11-12,23H2,1H3,(H,24,27). The summed E-state index contributed by atoms with van der Waals surface area (Å²) in [6, 6.07) is 12.2. The third-order valence-corrected chi connectivity index (χ3v) is 6.11. The largest absolute Gasteiger partial charge is 0.397 e. The van der Waals surface area contributed by atoms with Crippen LogP contribution in [0.1, 0.15) is 40.7 Å². The summed E-state index contributed by atoms with van der Waals surface area (Å²) in [6.07, 6.45) is 5.97. The van der Waals surface area contributed by atoms with Gasteiger partial charge in [0.1, 0.15) is 9.71 Å². The van der Waals surface area contributed by atoms with E-state index in [4.69, 9.17) is 5.73 Å². The van der Waals surface area contributed by atoms with Gasteiger partial charge in [-0.2, -0.15) is 0 Å². The van der Waals surface area contributed by atoms with Crippen molar-refractivity contribution in [1.29, 1.82) is 0 Å². The SMILES string of the molecule is CCCCc1ccc2c(N)c(C(=O)NCCc3c[nH]c4ccccc34)sc2n1. The van der Waals surface area contributed by atoms with Crippen LogP contribution in [0.5, 0.6) is 0 Å². The molecule has 6 heteroatoms. The molecule has 0 fully saturated rings. The number of amides is 1. The zero-order chi connectivity index (χ0) is 19.5. The lowest BCUT2D eigenvalue weighted by Gasteiger charge is -2.04. The summed E-state index contributed by atoms with van der Waals surface area (Å²) in [7, 11) is 0. The molecule has 0 spiro atoms. The summed E-state index contributed by atoms with van der Waals surface area (Å²) in [5, 5.41) is 5.07. The van der Waals surface area contributed by atoms with Crippen LogP contribution in [0, 0.1) is 0 Å². The number of carbonyl (C=O) groups excluding carboxylic acids is 1. The van der Waals surface area contributed by atoms with Gasteiger partial charge in [0.15, 0.2) is 0 Å². The van der Waals surface area contributed by atoms with Gasteiger partial charge in [-0.25, -0.2) is 4.98 Å². The average Bonchev–Trinajstić information content (AvgIpc) is 3.27. The minimum atomic E-state index is -0.129. The lowest BCUT2D eigenvalue weighted by Crippen LogP contribution is -2.25. The molecule has 0 unspecified atom stereocenters. The average molecular weight is 393 g/mol. The van der Waals surface area contributed by atoms with Crippen molar-refractivity contribution in [2.75, 3.05) is 12.3 Å². The molecule has 0 saturated carbocycles. The molecule has 4 N–H and O–H groups in total. The van der Waals surface area contributed by atoms with E-state index in [-0.39, 0.29) is 5.91 Å². The van der Waals surface area contributed by atoms with Gasteiger partial charge in [-0.3, -0.25) is 4.79 Å². The van der Waals surface area contributed by atoms with Gasteiger partial charge >= 0.3 is 0 Å². The summed E-state index contributed by atoms with van der Waals surface area (Å²) >= 11 is 1.38. The van der Waals surface area contributed by atoms with E-state index < -0.39 is 0 Å². The van der Waals surface area contributed by atoms with Crippen molar-refractivity contribution in [3.8, 4) is 0 Å². The summed E-state index contributed by atoms with van der Waals surface area (Å²) in [5.41, 5.74) is 10.1. The molecule has 0 atom stereocenters. The van der Waals surface area contributed by atoms with Crippen molar-refractivity contribution in [3.05, 3.63) is 58.7 Å². The van der Waals surface area contributed by atoms with Gasteiger partial charge in [0.05, 0.1) is 5.69 Å². The maximum absolute atomic E-state index is 12.7. The topological polar surface area (TPSA) is 83.8 Å². The highest BCUT2D eigenvalue weighted by molar-refractivity contribution is 7.21. The Morgan fingerprint density at radius 2 is 2.04 bits per heavy atom. The number of hydrogen-bond donors (Lipinski definition) is 3. The monoisotopic (exact) mass is 392 g/mol. The number of H-pyrrole nitrogens is 1. The molecule has 0 radical (unpaired) electrons. The number of rotatable bonds is 7. The normalized spacial score (nSPS) is 11.3. The van der Waals surface area contributed by atoms with Gasteiger partial charge in [0.2, 0.25) is 0 Å². The van der Waals surface area contributed by atoms with Gasteiger partial charge in [-0.05, 0) is 43.0 Å². The minimum absolute atomic E-state index is 0.129. The zero-order valence-electron chi connectivity index (χ0n) is 15.9. The van der Waals surface area contributed by atoms with Crippen LogP contribution in [0.15, 0.2) is 42.6 Å². The second-order valence-corrected chi connectivity index (χ2v) is 7.97. The quantitative estimate of drug-likeness (QED) is 0.427. The van der Waals surface area contributed by atoms with Gasteiger partial charge in [0.25, 0.3) is 5.91 Å². The van der Waals surface area contributed by atoms with Gasteiger partial charge in [-0.1, -0.05) is 31.5 Å². The Hall–Kier alpha value is -2.86. The number of carbonyl (C=O) groups is 1. The summed E-state index contributed by atoms with van der Waals surface area (Å²) in [5.74, 6) is -0.129. The number of nitrogens with one attached hydrogen (secondary N) is 2. The predicted octanol–water partition coefficient (Wildman–Crippen LogP) is 4.67. The molecular formula is C22H24N4OS. The molecule has 0 aliphatic carbocycles. The van der Waals surface area contributed by atoms with E-state index in [0.29, 0.717) is 17.1 Å². The van der Waals surface area contributed by atoms with E-state index in [1.807, 2.05) is 30.5 Å². The molecule has 4 rings (SSSR count). The first kappa shape index (κ1) is 18.5. The van der Waals surface area contributed by atoms with Gasteiger partial charge in [0, 0.05) is 34.7 Å². The van der Waals surface area contributed by atoms with Crippen LogP contribution in [0.3, 0.4) is 0 Å². The second-order valence-electron chi connectivity index (χ2n) is 6.97. The number of benzene rings is 1. The van der Waals surface area contributed by atoms with E-state index in [1.54, 1.807) is 0 Å². The Balaban J connectivity index is 1.45. The number of aromatic nitrogens is 2. The van der Waals surface area contributed by atoms with Gasteiger partial charge in [-0.15, -0.1) is 11.3 Å². The molecule has 144 valence electrons. The number of fused-ring (bicyclic) bond motifs is 2. The smallest absolute Gasteiger partial charge is 0.263 e. The molecule has 4 aromatic rings. The lowest BCUT2D eigenvalue weighted by molar-refractivity contribution is 0.0959. The van der Waals surface area contributed by atoms with Crippen LogP contribution in [0.25, 0.3) is 21.1 Å². The Morgan fingerprint density at radius 3 is 2.89 bits per heavy atom. The van der Waals surface area contributed by atoms with Crippen LogP contribution < -0.4 is 11.1 Å². The number of para-hydroxylation sites is 1. The number of pyridine rings is 1. The van der Waals surface area contributed by atoms with E-state index in [1.165, 1.54) is 22.3 Å². The minimum Gasteiger partial charge on any atom is -0.397 e. The molecular weight excluding hydrogens is 368 g/mol. The number of nitrogens with zero attached hydrogens (tertiary/aromatic N) is 1. The van der Waals surface area contributed by atoms with Gasteiger partial charge < -0.3 is 16.0 Å². The summed E-state index contributed by atoms with van der Waals surface area (Å²) in [6.45, 7) is 2.73. The highest BCUT2D eigenvalue weighted by Crippen LogP contribution is 2.32. The van der Waals surface area contributed by atoms with E-state index >= 15 is 0 Å². The molecule has 1 aromatic carbocycles. The maximum atomic E-state index is 12.7. The number of hydrogen-bond acceptors (Lipinski definition) is 4. The third kappa shape index (κ3) is 3.60. The maximum Gasteiger partial charge on any atom is 0.263 e. The second kappa shape index (κ2) is 8.02. The first-order valence-electron chi connectivity index (χ1n) is 9.68. The molecule has 0 aliphatic heterocycles. The first-order chi connectivity index (χ1) is 13.7. The summed E-state index contributed by atoms with van der Waals surface area (Å²) in [4.78, 5) is 22.0. The number of anilines is 1. The van der Waals surface area contributed by atoms with Crippen molar-refractivity contribution < 1.29 is 4.79 Å². The third-order valence-electron chi connectivity index (χ3n) is 5.00. The Morgan fingerprint density at radius 1 is 1.18 bits per heavy atom. The molecule has 1 amide bonds. The number of unbranched alkanes of at least 4 members (excludes halogenated alkanes) is 1. The Kier molecular flexibility index (Phi) is 5.30. The van der Waals surface area contributed by atoms with Crippen LogP contribution in [-0.4, -0.2) is 22.4 Å². The number of nitrogens with two attached hydrogens (primary N) is 1. The molecule has 28 heavy (non-hydrogen) atoms. The number of aromatic amines is 1. The van der Waals surface area contributed by atoms with E-state index in [9.17, 15) is 4.79 Å². The molecule has 3 heterocycles. The Bertz CT molecular complexity index is 1130. The lowest BCUT2D eigenvalue weighted by atomic mass is 10.1. The van der Waals surface area contributed by atoms with Crippen molar-refractivity contribution in [3.63, 3.8) is 0 Å². The fourth-order valence-corrected chi connectivity index (χ4v) is 4.46. The van der Waals surface area contributed by atoms with Crippen LogP contribution in [-0.2, 0) is 12.8 Å². The van der Waals surface area contributed by atoms with Crippen LogP contribution >= 0.6 is 11.3 Å². The predicted molar refractivity (Wildman–Crippen MR) is 117 cm³/mol. The molecule has 0 bridgehead atoms. The zero-order valence-corrected chi connectivity index (χ0v) is 16.7. The fourth-order valence-electron chi connectivity index (χ4n) is 3.43. The van der Waals surface area contributed by atoms with Crippen LogP contribution in [0.2, 0.25) is 0 Å². The number of thiophene rings is 1. The van der Waals surface area contributed by atoms with E-state index in [2.05, 4.69) is 34.3 Å². The fraction of sp³-hybridized carbons (Fsp3) is 0.273. The van der Waals surface area contributed by atoms with Crippen molar-refractivity contribution >= 4 is 44.1 Å². The molecule has 0 saturated heterocycles. The van der Waals surface area contributed by atoms with Crippen molar-refractivity contribution in [2.45, 2.75) is 32.6 Å². The molecule has 3 aromatic heterocycles. The first-order valence-corrected chi connectivity index (χ1v) is 10.5. The van der Waals surface area contributed by atoms with E-state index in [0.717, 1.165) is 47.1 Å². The highest BCUT2D eigenvalue weighted by atomic mass is 32.1. The molecule has 5 nitrogen and oxygen atoms in total. The summed E-state index contributed by atoms with van der Waals surface area (Å²) < 4.78 is 0.